The van der Waals surface area contributed by atoms with E-state index >= 15 is 0 Å². The molecule has 1 rings (SSSR count). The molecule has 0 saturated heterocycles. The molecular weight excluding hydrogens is 302 g/mol. The molecule has 0 aliphatic rings. The maximum absolute atomic E-state index is 11.7. The molecule has 0 aliphatic heterocycles. The van der Waals surface area contributed by atoms with E-state index in [0.29, 0.717) is 23.2 Å². The minimum absolute atomic E-state index is 0.152. The van der Waals surface area contributed by atoms with E-state index in [2.05, 4.69) is 16.2 Å². The molecule has 1 aromatic rings. The van der Waals surface area contributed by atoms with Gasteiger partial charge in [0.1, 0.15) is 0 Å². The fraction of sp³-hybridized carbons (Fsp3) is 0.333. The van der Waals surface area contributed by atoms with Gasteiger partial charge in [-0.3, -0.25) is 15.6 Å². The van der Waals surface area contributed by atoms with Crippen LogP contribution in [0.15, 0.2) is 24.3 Å². The van der Waals surface area contributed by atoms with E-state index in [0.717, 1.165) is 5.56 Å². The molecule has 120 valence electrons. The third kappa shape index (κ3) is 6.01. The van der Waals surface area contributed by atoms with Crippen LogP contribution < -0.4 is 25.6 Å². The van der Waals surface area contributed by atoms with Gasteiger partial charge in [0.15, 0.2) is 23.2 Å². The summed E-state index contributed by atoms with van der Waals surface area (Å²) >= 11 is 4.92. The van der Waals surface area contributed by atoms with Crippen LogP contribution >= 0.6 is 12.2 Å². The topological polar surface area (TPSA) is 71.6 Å². The molecule has 0 saturated carbocycles. The van der Waals surface area contributed by atoms with Crippen LogP contribution in [0.1, 0.15) is 19.4 Å². The number of hydrazine groups is 1. The second-order valence-corrected chi connectivity index (χ2v) is 4.64. The Hall–Kier alpha value is -2.28. The zero-order valence-corrected chi connectivity index (χ0v) is 13.8. The monoisotopic (exact) mass is 323 g/mol. The van der Waals surface area contributed by atoms with Gasteiger partial charge in [-0.25, -0.2) is 0 Å². The van der Waals surface area contributed by atoms with E-state index in [1.165, 1.54) is 0 Å². The highest BCUT2D eigenvalue weighted by Crippen LogP contribution is 2.28. The number of carbonyl (C=O) groups excluding carboxylic acids is 1. The smallest absolute Gasteiger partial charge is 0.276 e. The van der Waals surface area contributed by atoms with Crippen LogP contribution in [0.3, 0.4) is 0 Å². The number of methoxy groups -OCH3 is 1. The highest BCUT2D eigenvalue weighted by atomic mass is 32.1. The van der Waals surface area contributed by atoms with Gasteiger partial charge in [0, 0.05) is 6.54 Å². The summed E-state index contributed by atoms with van der Waals surface area (Å²) in [6, 6.07) is 5.48. The number of nitrogens with one attached hydrogen (secondary N) is 3. The third-order valence-electron chi connectivity index (χ3n) is 2.56. The highest BCUT2D eigenvalue weighted by Gasteiger charge is 2.08. The van der Waals surface area contributed by atoms with E-state index in [4.69, 9.17) is 21.7 Å². The van der Waals surface area contributed by atoms with Crippen LogP contribution in [-0.2, 0) is 4.79 Å². The molecule has 0 bridgehead atoms. The highest BCUT2D eigenvalue weighted by molar-refractivity contribution is 7.80. The molecule has 1 amide bonds. The van der Waals surface area contributed by atoms with Gasteiger partial charge in [-0.05, 0) is 43.8 Å². The number of hydrogen-bond acceptors (Lipinski definition) is 4. The van der Waals surface area contributed by atoms with Crippen LogP contribution in [0.5, 0.6) is 11.5 Å². The summed E-state index contributed by atoms with van der Waals surface area (Å²) in [5, 5.41) is 3.20. The van der Waals surface area contributed by atoms with Gasteiger partial charge in [0.2, 0.25) is 0 Å². The third-order valence-corrected chi connectivity index (χ3v) is 2.80. The standard InChI is InChI=1S/C15H21N3O3S/c1-4-6-11-7-8-12(13(9-11)20-3)21-10-14(19)17-18-15(22)16-5-2/h4,6-9H,5,10H2,1-3H3,(H,17,19)(H2,16,18,22)/b6-4+. The molecule has 6 nitrogen and oxygen atoms in total. The summed E-state index contributed by atoms with van der Waals surface area (Å²) in [5.41, 5.74) is 6.01. The molecule has 0 atom stereocenters. The molecule has 0 aliphatic carbocycles. The first-order valence-corrected chi connectivity index (χ1v) is 7.27. The molecule has 0 unspecified atom stereocenters. The van der Waals surface area contributed by atoms with Gasteiger partial charge in [-0.1, -0.05) is 18.2 Å². The Bertz CT molecular complexity index is 547. The van der Waals surface area contributed by atoms with Crippen LogP contribution in [-0.4, -0.2) is 31.3 Å². The Morgan fingerprint density at radius 1 is 1.32 bits per heavy atom. The van der Waals surface area contributed by atoms with E-state index in [1.54, 1.807) is 13.2 Å². The van der Waals surface area contributed by atoms with Gasteiger partial charge in [-0.2, -0.15) is 0 Å². The van der Waals surface area contributed by atoms with Crippen molar-refractivity contribution in [3.05, 3.63) is 29.8 Å². The van der Waals surface area contributed by atoms with Crippen molar-refractivity contribution in [3.63, 3.8) is 0 Å². The number of amides is 1. The largest absolute Gasteiger partial charge is 0.493 e. The number of thiocarbonyl (C=S) groups is 1. The number of ether oxygens (including phenoxy) is 2. The van der Waals surface area contributed by atoms with Crippen LogP contribution in [0.25, 0.3) is 6.08 Å². The van der Waals surface area contributed by atoms with E-state index in [9.17, 15) is 4.79 Å². The molecule has 0 fully saturated rings. The summed E-state index contributed by atoms with van der Waals surface area (Å²) in [7, 11) is 1.55. The predicted octanol–water partition coefficient (Wildman–Crippen LogP) is 1.62. The number of carbonyl (C=O) groups is 1. The molecule has 0 heterocycles. The maximum atomic E-state index is 11.7. The summed E-state index contributed by atoms with van der Waals surface area (Å²) in [6.45, 7) is 4.36. The number of hydrogen-bond donors (Lipinski definition) is 3. The number of allylic oxidation sites excluding steroid dienone is 1. The Morgan fingerprint density at radius 3 is 2.73 bits per heavy atom. The van der Waals surface area contributed by atoms with E-state index in [-0.39, 0.29) is 12.5 Å². The lowest BCUT2D eigenvalue weighted by Crippen LogP contribution is -2.48. The maximum Gasteiger partial charge on any atom is 0.276 e. The van der Waals surface area contributed by atoms with E-state index < -0.39 is 0 Å². The lowest BCUT2D eigenvalue weighted by molar-refractivity contribution is -0.123. The van der Waals surface area contributed by atoms with Crippen LogP contribution in [0.2, 0.25) is 0 Å². The Labute approximate surface area is 135 Å². The zero-order valence-electron chi connectivity index (χ0n) is 12.9. The predicted molar refractivity (Wildman–Crippen MR) is 90.8 cm³/mol. The molecule has 1 aromatic carbocycles. The minimum atomic E-state index is -0.347. The lowest BCUT2D eigenvalue weighted by Gasteiger charge is -2.13. The van der Waals surface area contributed by atoms with Crippen molar-refractivity contribution >= 4 is 29.3 Å². The second kappa shape index (κ2) is 9.62. The first-order valence-electron chi connectivity index (χ1n) is 6.87. The average Bonchev–Trinajstić information content (AvgIpc) is 2.52. The lowest BCUT2D eigenvalue weighted by atomic mass is 10.2. The van der Waals surface area contributed by atoms with Crippen molar-refractivity contribution in [3.8, 4) is 11.5 Å². The fourth-order valence-corrected chi connectivity index (χ4v) is 1.81. The zero-order chi connectivity index (χ0) is 16.4. The Morgan fingerprint density at radius 2 is 2.09 bits per heavy atom. The Kier molecular flexibility index (Phi) is 7.77. The summed E-state index contributed by atoms with van der Waals surface area (Å²) in [4.78, 5) is 11.7. The quantitative estimate of drug-likeness (QED) is 0.546. The van der Waals surface area contributed by atoms with Crippen LogP contribution in [0, 0.1) is 0 Å². The van der Waals surface area contributed by atoms with Crippen molar-refractivity contribution < 1.29 is 14.3 Å². The van der Waals surface area contributed by atoms with E-state index in [1.807, 2.05) is 38.1 Å². The second-order valence-electron chi connectivity index (χ2n) is 4.23. The molecule has 7 heteroatoms. The summed E-state index contributed by atoms with van der Waals surface area (Å²) in [5.74, 6) is 0.722. The SMILES string of the molecule is C/C=C/c1ccc(OCC(=O)NNC(=S)NCC)c(OC)c1. The molecule has 22 heavy (non-hydrogen) atoms. The molecule has 0 aromatic heterocycles. The van der Waals surface area contributed by atoms with Gasteiger partial charge < -0.3 is 14.8 Å². The normalized spacial score (nSPS) is 10.1. The molecule has 3 N–H and O–H groups in total. The van der Waals surface area contributed by atoms with Gasteiger partial charge in [0.25, 0.3) is 5.91 Å². The number of benzene rings is 1. The summed E-state index contributed by atoms with van der Waals surface area (Å²) < 4.78 is 10.7. The van der Waals surface area contributed by atoms with Gasteiger partial charge in [-0.15, -0.1) is 0 Å². The van der Waals surface area contributed by atoms with Crippen LogP contribution in [0.4, 0.5) is 0 Å². The van der Waals surface area contributed by atoms with Gasteiger partial charge in [0.05, 0.1) is 7.11 Å². The first kappa shape index (κ1) is 17.8. The van der Waals surface area contributed by atoms with Crippen molar-refractivity contribution in [2.45, 2.75) is 13.8 Å². The van der Waals surface area contributed by atoms with Crippen molar-refractivity contribution in [2.24, 2.45) is 0 Å². The average molecular weight is 323 g/mol. The van der Waals surface area contributed by atoms with Crippen molar-refractivity contribution in [1.29, 1.82) is 0 Å². The number of rotatable bonds is 6. The minimum Gasteiger partial charge on any atom is -0.493 e. The van der Waals surface area contributed by atoms with Gasteiger partial charge >= 0.3 is 0 Å². The molecule has 0 radical (unpaired) electrons. The van der Waals surface area contributed by atoms with Crippen molar-refractivity contribution in [1.82, 2.24) is 16.2 Å². The molecular formula is C15H21N3O3S. The summed E-state index contributed by atoms with van der Waals surface area (Å²) in [6.07, 6.45) is 3.88. The first-order chi connectivity index (χ1) is 10.6. The fourth-order valence-electron chi connectivity index (χ4n) is 1.61. The molecule has 0 spiro atoms. The Balaban J connectivity index is 2.53. The van der Waals surface area contributed by atoms with Crippen molar-refractivity contribution in [2.75, 3.05) is 20.3 Å².